The molecule has 0 bridgehead atoms. The summed E-state index contributed by atoms with van der Waals surface area (Å²) in [7, 11) is -3.55. The van der Waals surface area contributed by atoms with E-state index in [1.807, 2.05) is 0 Å². The van der Waals surface area contributed by atoms with E-state index in [1.165, 1.54) is 30.3 Å². The van der Waals surface area contributed by atoms with Gasteiger partial charge in [-0.1, -0.05) is 24.3 Å². The Bertz CT molecular complexity index is 800. The molecule has 0 heterocycles. The molecule has 0 aromatic heterocycles. The standard InChI is InChI=1S/C17H17F2NO2S/c18-15-6-4-14(5-7-15)17(8-9-17)12-20-23(21,22)11-13-2-1-3-16(19)10-13/h1-7,10,20H,8-9,11-12H2. The number of hydrogen-bond donors (Lipinski definition) is 1. The highest BCUT2D eigenvalue weighted by Gasteiger charge is 2.44. The third kappa shape index (κ3) is 3.95. The molecule has 23 heavy (non-hydrogen) atoms. The van der Waals surface area contributed by atoms with E-state index in [-0.39, 0.29) is 23.5 Å². The van der Waals surface area contributed by atoms with Crippen molar-refractivity contribution in [3.63, 3.8) is 0 Å². The summed E-state index contributed by atoms with van der Waals surface area (Å²) >= 11 is 0. The van der Waals surface area contributed by atoms with Gasteiger partial charge in [0.15, 0.2) is 0 Å². The second-order valence-electron chi connectivity index (χ2n) is 6.00. The summed E-state index contributed by atoms with van der Waals surface area (Å²) < 4.78 is 53.1. The van der Waals surface area contributed by atoms with Crippen molar-refractivity contribution in [2.24, 2.45) is 0 Å². The molecule has 1 aliphatic carbocycles. The van der Waals surface area contributed by atoms with E-state index in [1.54, 1.807) is 18.2 Å². The van der Waals surface area contributed by atoms with E-state index in [2.05, 4.69) is 4.72 Å². The van der Waals surface area contributed by atoms with Crippen molar-refractivity contribution in [3.8, 4) is 0 Å². The van der Waals surface area contributed by atoms with Gasteiger partial charge in [-0.15, -0.1) is 0 Å². The molecule has 0 radical (unpaired) electrons. The lowest BCUT2D eigenvalue weighted by atomic mass is 9.96. The number of rotatable bonds is 6. The molecule has 122 valence electrons. The van der Waals surface area contributed by atoms with Crippen molar-refractivity contribution in [1.29, 1.82) is 0 Å². The van der Waals surface area contributed by atoms with Gasteiger partial charge in [-0.3, -0.25) is 0 Å². The summed E-state index contributed by atoms with van der Waals surface area (Å²) in [5, 5.41) is 0. The average molecular weight is 337 g/mol. The van der Waals surface area contributed by atoms with Gasteiger partial charge >= 0.3 is 0 Å². The second-order valence-corrected chi connectivity index (χ2v) is 7.80. The first kappa shape index (κ1) is 16.1. The van der Waals surface area contributed by atoms with Crippen LogP contribution >= 0.6 is 0 Å². The van der Waals surface area contributed by atoms with Crippen molar-refractivity contribution >= 4 is 10.0 Å². The molecule has 1 aliphatic rings. The van der Waals surface area contributed by atoms with Crippen molar-refractivity contribution in [2.75, 3.05) is 6.54 Å². The van der Waals surface area contributed by atoms with E-state index in [9.17, 15) is 17.2 Å². The maximum absolute atomic E-state index is 13.1. The van der Waals surface area contributed by atoms with E-state index in [4.69, 9.17) is 0 Å². The largest absolute Gasteiger partial charge is 0.215 e. The predicted octanol–water partition coefficient (Wildman–Crippen LogP) is 3.12. The van der Waals surface area contributed by atoms with Gasteiger partial charge in [0.25, 0.3) is 0 Å². The summed E-state index contributed by atoms with van der Waals surface area (Å²) in [5.41, 5.74) is 1.10. The van der Waals surface area contributed by atoms with Crippen molar-refractivity contribution in [3.05, 3.63) is 71.3 Å². The summed E-state index contributed by atoms with van der Waals surface area (Å²) in [6.07, 6.45) is 1.72. The van der Waals surface area contributed by atoms with E-state index in [0.717, 1.165) is 18.4 Å². The smallest absolute Gasteiger partial charge is 0.214 e. The molecular weight excluding hydrogens is 320 g/mol. The lowest BCUT2D eigenvalue weighted by Gasteiger charge is -2.17. The van der Waals surface area contributed by atoms with Crippen molar-refractivity contribution in [2.45, 2.75) is 24.0 Å². The average Bonchev–Trinajstić information content (AvgIpc) is 3.27. The molecule has 6 heteroatoms. The molecule has 0 aliphatic heterocycles. The van der Waals surface area contributed by atoms with Crippen LogP contribution in [0, 0.1) is 11.6 Å². The Balaban J connectivity index is 1.66. The topological polar surface area (TPSA) is 46.2 Å². The summed E-state index contributed by atoms with van der Waals surface area (Å²) in [4.78, 5) is 0. The first-order chi connectivity index (χ1) is 10.9. The zero-order valence-corrected chi connectivity index (χ0v) is 13.2. The molecule has 1 fully saturated rings. The molecule has 3 nitrogen and oxygen atoms in total. The Kier molecular flexibility index (Phi) is 4.21. The Morgan fingerprint density at radius 2 is 1.70 bits per heavy atom. The van der Waals surface area contributed by atoms with Gasteiger partial charge in [-0.05, 0) is 48.2 Å². The van der Waals surface area contributed by atoms with Gasteiger partial charge in [0.05, 0.1) is 5.75 Å². The van der Waals surface area contributed by atoms with Crippen LogP contribution in [0.25, 0.3) is 0 Å². The van der Waals surface area contributed by atoms with Crippen molar-refractivity contribution in [1.82, 2.24) is 4.72 Å². The number of nitrogens with one attached hydrogen (secondary N) is 1. The maximum Gasteiger partial charge on any atom is 0.215 e. The highest BCUT2D eigenvalue weighted by Crippen LogP contribution is 2.47. The van der Waals surface area contributed by atoms with Crippen LogP contribution in [0.15, 0.2) is 48.5 Å². The fraction of sp³-hybridized carbons (Fsp3) is 0.294. The third-order valence-electron chi connectivity index (χ3n) is 4.19. The fourth-order valence-corrected chi connectivity index (χ4v) is 3.88. The second kappa shape index (κ2) is 6.02. The van der Waals surface area contributed by atoms with E-state index in [0.29, 0.717) is 5.56 Å². The molecule has 0 unspecified atom stereocenters. The minimum Gasteiger partial charge on any atom is -0.214 e. The molecule has 0 saturated heterocycles. The SMILES string of the molecule is O=S(=O)(Cc1cccc(F)c1)NCC1(c2ccc(F)cc2)CC1. The van der Waals surface area contributed by atoms with Gasteiger partial charge in [0.1, 0.15) is 11.6 Å². The van der Waals surface area contributed by atoms with Crippen LogP contribution in [0.1, 0.15) is 24.0 Å². The maximum atomic E-state index is 13.1. The number of benzene rings is 2. The van der Waals surface area contributed by atoms with Crippen LogP contribution in [0.2, 0.25) is 0 Å². The Morgan fingerprint density at radius 3 is 2.30 bits per heavy atom. The molecule has 1 N–H and O–H groups in total. The Morgan fingerprint density at radius 1 is 1.00 bits per heavy atom. The zero-order chi connectivity index (χ0) is 16.5. The molecule has 1 saturated carbocycles. The van der Waals surface area contributed by atoms with Crippen LogP contribution in [0.4, 0.5) is 8.78 Å². The van der Waals surface area contributed by atoms with Gasteiger partial charge in [-0.2, -0.15) is 0 Å². The quantitative estimate of drug-likeness (QED) is 0.880. The summed E-state index contributed by atoms with van der Waals surface area (Å²) in [5.74, 6) is -1.02. The zero-order valence-electron chi connectivity index (χ0n) is 12.4. The van der Waals surface area contributed by atoms with Gasteiger partial charge in [0, 0.05) is 12.0 Å². The molecule has 2 aromatic carbocycles. The molecule has 3 rings (SSSR count). The lowest BCUT2D eigenvalue weighted by Crippen LogP contribution is -2.33. The molecule has 2 aromatic rings. The number of hydrogen-bond acceptors (Lipinski definition) is 2. The van der Waals surface area contributed by atoms with Crippen LogP contribution < -0.4 is 4.72 Å². The minimum atomic E-state index is -3.55. The van der Waals surface area contributed by atoms with Crippen LogP contribution in [-0.2, 0) is 21.2 Å². The molecule has 0 atom stereocenters. The predicted molar refractivity (Wildman–Crippen MR) is 84.3 cm³/mol. The van der Waals surface area contributed by atoms with E-state index < -0.39 is 15.8 Å². The third-order valence-corrected chi connectivity index (χ3v) is 5.48. The minimum absolute atomic E-state index is 0.247. The van der Waals surface area contributed by atoms with Crippen molar-refractivity contribution < 1.29 is 17.2 Å². The van der Waals surface area contributed by atoms with Crippen LogP contribution in [0.3, 0.4) is 0 Å². The molecular formula is C17H17F2NO2S. The Labute approximate surface area is 134 Å². The molecule has 0 amide bonds. The fourth-order valence-electron chi connectivity index (χ4n) is 2.67. The van der Waals surface area contributed by atoms with Crippen LogP contribution in [0.5, 0.6) is 0 Å². The lowest BCUT2D eigenvalue weighted by molar-refractivity contribution is 0.565. The Hall–Kier alpha value is -1.79. The number of sulfonamides is 1. The highest BCUT2D eigenvalue weighted by atomic mass is 32.2. The summed E-state index contributed by atoms with van der Waals surface area (Å²) in [6.45, 7) is 0.274. The van der Waals surface area contributed by atoms with Gasteiger partial charge in [0.2, 0.25) is 10.0 Å². The monoisotopic (exact) mass is 337 g/mol. The number of halogens is 2. The first-order valence-corrected chi connectivity index (χ1v) is 9.02. The molecule has 0 spiro atoms. The van der Waals surface area contributed by atoms with E-state index >= 15 is 0 Å². The van der Waals surface area contributed by atoms with Gasteiger partial charge < -0.3 is 0 Å². The van der Waals surface area contributed by atoms with Crippen LogP contribution in [-0.4, -0.2) is 15.0 Å². The highest BCUT2D eigenvalue weighted by molar-refractivity contribution is 7.88. The normalized spacial score (nSPS) is 16.3. The summed E-state index contributed by atoms with van der Waals surface area (Å²) in [6, 6.07) is 11.7. The van der Waals surface area contributed by atoms with Gasteiger partial charge in [-0.25, -0.2) is 21.9 Å². The first-order valence-electron chi connectivity index (χ1n) is 7.36.